The van der Waals surface area contributed by atoms with Gasteiger partial charge >= 0.3 is 5.97 Å². The zero-order chi connectivity index (χ0) is 23.1. The van der Waals surface area contributed by atoms with Crippen molar-refractivity contribution in [1.82, 2.24) is 29.7 Å². The topological polar surface area (TPSA) is 128 Å². The molecule has 0 radical (unpaired) electrons. The van der Waals surface area contributed by atoms with Crippen LogP contribution in [0.5, 0.6) is 0 Å². The average Bonchev–Trinajstić information content (AvgIpc) is 3.50. The fourth-order valence-electron chi connectivity index (χ4n) is 3.28. The van der Waals surface area contributed by atoms with Crippen molar-refractivity contribution in [3.05, 3.63) is 58.6 Å². The van der Waals surface area contributed by atoms with Crippen molar-refractivity contribution in [3.8, 4) is 5.69 Å². The first-order valence-electron chi connectivity index (χ1n) is 9.81. The molecular weight excluding hydrogens is 466 g/mol. The highest BCUT2D eigenvalue weighted by Gasteiger charge is 2.23. The third kappa shape index (κ3) is 3.92. The number of H-pyrrole nitrogens is 1. The molecule has 0 spiro atoms. The number of hydrogen-bond acceptors (Lipinski definition) is 8. The van der Waals surface area contributed by atoms with Crippen LogP contribution in [0.1, 0.15) is 22.3 Å². The summed E-state index contributed by atoms with van der Waals surface area (Å²) in [5, 5.41) is 8.59. The first kappa shape index (κ1) is 21.0. The lowest BCUT2D eigenvalue weighted by Gasteiger charge is -2.12. The normalized spacial score (nSPS) is 12.2. The maximum atomic E-state index is 12.8. The number of ether oxygens (including phenoxy) is 1. The third-order valence-corrected chi connectivity index (χ3v) is 6.24. The first-order valence-corrected chi connectivity index (χ1v) is 11.0. The number of aromatic nitrogens is 6. The van der Waals surface area contributed by atoms with Crippen LogP contribution < -0.4 is 5.32 Å². The van der Waals surface area contributed by atoms with Crippen LogP contribution in [0, 0.1) is 6.92 Å². The molecule has 1 amide bonds. The van der Waals surface area contributed by atoms with Crippen molar-refractivity contribution in [1.29, 1.82) is 0 Å². The van der Waals surface area contributed by atoms with E-state index < -0.39 is 18.0 Å². The lowest BCUT2D eigenvalue weighted by molar-refractivity contribution is -0.123. The number of aromatic amines is 1. The van der Waals surface area contributed by atoms with E-state index in [9.17, 15) is 9.59 Å². The molecule has 0 aliphatic heterocycles. The first-order chi connectivity index (χ1) is 15.9. The van der Waals surface area contributed by atoms with Crippen molar-refractivity contribution in [2.24, 2.45) is 0 Å². The number of nitrogens with one attached hydrogen (secondary N) is 2. The number of thiophene rings is 1. The fraction of sp³-hybridized carbons (Fsp3) is 0.143. The molecule has 0 aliphatic rings. The standard InChI is InChI=1S/C21H16ClN7O3S/c1-10-14-7-15(33-20(14)29(28-10)13-5-3-4-12(22)6-13)21(31)32-11(2)19(30)27-18-16-17(24-8-23-16)25-9-26-18/h3-9,11H,1-2H3,(H2,23,24,25,26,27,30). The molecule has 4 aromatic heterocycles. The Hall–Kier alpha value is -3.83. The Labute approximate surface area is 195 Å². The lowest BCUT2D eigenvalue weighted by atomic mass is 10.3. The monoisotopic (exact) mass is 481 g/mol. The number of fused-ring (bicyclic) bond motifs is 2. The molecule has 5 aromatic rings. The van der Waals surface area contributed by atoms with E-state index in [0.29, 0.717) is 21.1 Å². The Morgan fingerprint density at radius 1 is 1.24 bits per heavy atom. The molecule has 33 heavy (non-hydrogen) atoms. The fourth-order valence-corrected chi connectivity index (χ4v) is 4.53. The maximum absolute atomic E-state index is 12.8. The number of carbonyl (C=O) groups excluding carboxylic acids is 2. The van der Waals surface area contributed by atoms with E-state index in [4.69, 9.17) is 16.3 Å². The summed E-state index contributed by atoms with van der Waals surface area (Å²) in [5.41, 5.74) is 2.44. The van der Waals surface area contributed by atoms with E-state index in [-0.39, 0.29) is 5.82 Å². The molecule has 0 aliphatic carbocycles. The SMILES string of the molecule is Cc1nn(-c2cccc(Cl)c2)c2sc(C(=O)OC(C)C(=O)Nc3ncnc4nc[nH]c34)cc12. The Balaban J connectivity index is 1.35. The largest absolute Gasteiger partial charge is 0.448 e. The Kier molecular flexibility index (Phi) is 5.27. The van der Waals surface area contributed by atoms with Gasteiger partial charge in [0.2, 0.25) is 0 Å². The van der Waals surface area contributed by atoms with Gasteiger partial charge in [-0.05, 0) is 38.1 Å². The van der Waals surface area contributed by atoms with Gasteiger partial charge in [0.15, 0.2) is 17.6 Å². The number of aryl methyl sites for hydroxylation is 1. The molecule has 12 heteroatoms. The molecule has 0 saturated carbocycles. The van der Waals surface area contributed by atoms with E-state index in [2.05, 4.69) is 30.4 Å². The summed E-state index contributed by atoms with van der Waals surface area (Å²) in [6.45, 7) is 3.35. The number of nitrogens with zero attached hydrogens (tertiary/aromatic N) is 5. The Bertz CT molecular complexity index is 1520. The molecule has 0 fully saturated rings. The van der Waals surface area contributed by atoms with Gasteiger partial charge in [0.1, 0.15) is 21.6 Å². The molecule has 1 aromatic carbocycles. The molecule has 0 saturated heterocycles. The molecule has 5 rings (SSSR count). The molecule has 1 atom stereocenters. The van der Waals surface area contributed by atoms with E-state index in [1.807, 2.05) is 19.1 Å². The second-order valence-corrected chi connectivity index (χ2v) is 8.63. The highest BCUT2D eigenvalue weighted by atomic mass is 35.5. The summed E-state index contributed by atoms with van der Waals surface area (Å²) in [5.74, 6) is -0.880. The molecule has 4 heterocycles. The molecule has 1 unspecified atom stereocenters. The van der Waals surface area contributed by atoms with Crippen LogP contribution in [0.25, 0.3) is 27.1 Å². The van der Waals surface area contributed by atoms with Gasteiger partial charge in [-0.25, -0.2) is 24.4 Å². The maximum Gasteiger partial charge on any atom is 0.349 e. The second kappa shape index (κ2) is 8.26. The zero-order valence-electron chi connectivity index (χ0n) is 17.4. The van der Waals surface area contributed by atoms with Crippen LogP contribution in [0.2, 0.25) is 5.02 Å². The average molecular weight is 482 g/mol. The van der Waals surface area contributed by atoms with Gasteiger partial charge in [0, 0.05) is 10.4 Å². The number of amides is 1. The number of anilines is 1. The summed E-state index contributed by atoms with van der Waals surface area (Å²) in [6.07, 6.45) is 1.69. The van der Waals surface area contributed by atoms with Crippen LogP contribution in [-0.2, 0) is 9.53 Å². The molecular formula is C21H16ClN7O3S. The van der Waals surface area contributed by atoms with E-state index in [0.717, 1.165) is 21.6 Å². The summed E-state index contributed by atoms with van der Waals surface area (Å²) in [4.78, 5) is 41.4. The van der Waals surface area contributed by atoms with Crippen molar-refractivity contribution in [3.63, 3.8) is 0 Å². The van der Waals surface area contributed by atoms with E-state index in [1.54, 1.807) is 22.9 Å². The summed E-state index contributed by atoms with van der Waals surface area (Å²) in [7, 11) is 0. The Morgan fingerprint density at radius 2 is 2.09 bits per heavy atom. The van der Waals surface area contributed by atoms with Crippen molar-refractivity contribution < 1.29 is 14.3 Å². The van der Waals surface area contributed by atoms with Crippen LogP contribution in [-0.4, -0.2) is 47.7 Å². The van der Waals surface area contributed by atoms with Crippen LogP contribution >= 0.6 is 22.9 Å². The van der Waals surface area contributed by atoms with Gasteiger partial charge in [-0.1, -0.05) is 17.7 Å². The number of hydrogen-bond donors (Lipinski definition) is 2. The van der Waals surface area contributed by atoms with Crippen LogP contribution in [0.15, 0.2) is 43.0 Å². The molecule has 166 valence electrons. The quantitative estimate of drug-likeness (QED) is 0.364. The molecule has 0 bridgehead atoms. The minimum absolute atomic E-state index is 0.254. The minimum atomic E-state index is -1.05. The highest BCUT2D eigenvalue weighted by molar-refractivity contribution is 7.20. The highest BCUT2D eigenvalue weighted by Crippen LogP contribution is 2.31. The number of esters is 1. The van der Waals surface area contributed by atoms with Gasteiger partial charge in [0.05, 0.1) is 17.7 Å². The smallest absolute Gasteiger partial charge is 0.349 e. The minimum Gasteiger partial charge on any atom is -0.448 e. The van der Waals surface area contributed by atoms with Crippen LogP contribution in [0.4, 0.5) is 5.82 Å². The van der Waals surface area contributed by atoms with Gasteiger partial charge in [-0.15, -0.1) is 11.3 Å². The van der Waals surface area contributed by atoms with Crippen molar-refractivity contribution in [2.45, 2.75) is 20.0 Å². The second-order valence-electron chi connectivity index (χ2n) is 7.17. The zero-order valence-corrected chi connectivity index (χ0v) is 18.9. The summed E-state index contributed by atoms with van der Waals surface area (Å²) < 4.78 is 7.14. The van der Waals surface area contributed by atoms with Crippen molar-refractivity contribution in [2.75, 3.05) is 5.32 Å². The predicted molar refractivity (Wildman–Crippen MR) is 124 cm³/mol. The van der Waals surface area contributed by atoms with Gasteiger partial charge in [-0.3, -0.25) is 4.79 Å². The number of benzene rings is 1. The van der Waals surface area contributed by atoms with E-state index >= 15 is 0 Å². The summed E-state index contributed by atoms with van der Waals surface area (Å²) in [6, 6.07) is 9.00. The summed E-state index contributed by atoms with van der Waals surface area (Å²) >= 11 is 7.35. The number of carbonyl (C=O) groups is 2. The molecule has 10 nitrogen and oxygen atoms in total. The van der Waals surface area contributed by atoms with Gasteiger partial charge < -0.3 is 15.0 Å². The van der Waals surface area contributed by atoms with E-state index in [1.165, 1.54) is 30.9 Å². The van der Waals surface area contributed by atoms with Gasteiger partial charge in [-0.2, -0.15) is 5.10 Å². The molecule has 2 N–H and O–H groups in total. The number of rotatable bonds is 5. The third-order valence-electron chi connectivity index (χ3n) is 4.92. The van der Waals surface area contributed by atoms with Crippen molar-refractivity contribution >= 4 is 62.0 Å². The predicted octanol–water partition coefficient (Wildman–Crippen LogP) is 3.90. The lowest BCUT2D eigenvalue weighted by Crippen LogP contribution is -2.30. The Morgan fingerprint density at radius 3 is 2.91 bits per heavy atom. The van der Waals surface area contributed by atoms with Gasteiger partial charge in [0.25, 0.3) is 5.91 Å². The number of imidazole rings is 1. The number of halogens is 1. The van der Waals surface area contributed by atoms with Crippen LogP contribution in [0.3, 0.4) is 0 Å².